The Kier molecular flexibility index (Phi) is 8.70. The van der Waals surface area contributed by atoms with E-state index in [1.54, 1.807) is 12.1 Å². The minimum absolute atomic E-state index is 0.0152. The van der Waals surface area contributed by atoms with Crippen LogP contribution in [0.2, 0.25) is 0 Å². The molecule has 9 nitrogen and oxygen atoms in total. The fourth-order valence-electron chi connectivity index (χ4n) is 4.42. The van der Waals surface area contributed by atoms with Gasteiger partial charge in [0.2, 0.25) is 0 Å². The van der Waals surface area contributed by atoms with Crippen LogP contribution in [-0.2, 0) is 12.2 Å². The van der Waals surface area contributed by atoms with E-state index >= 15 is 0 Å². The number of aryl methyl sites for hydroxylation is 1. The van der Waals surface area contributed by atoms with Crippen LogP contribution in [0.4, 0.5) is 16.2 Å². The van der Waals surface area contributed by atoms with Crippen molar-refractivity contribution in [3.63, 3.8) is 0 Å². The van der Waals surface area contributed by atoms with Crippen molar-refractivity contribution in [3.05, 3.63) is 142 Å². The van der Waals surface area contributed by atoms with Crippen LogP contribution in [0, 0.1) is 17.0 Å². The topological polar surface area (TPSA) is 115 Å². The molecule has 5 rings (SSSR count). The van der Waals surface area contributed by atoms with E-state index in [0.717, 1.165) is 16.7 Å². The first-order valence-electron chi connectivity index (χ1n) is 13.0. The quantitative estimate of drug-likeness (QED) is 0.109. The molecule has 0 aliphatic heterocycles. The summed E-state index contributed by atoms with van der Waals surface area (Å²) in [7, 11) is 0. The van der Waals surface area contributed by atoms with Crippen LogP contribution in [0.3, 0.4) is 0 Å². The number of thioether (sulfide) groups is 1. The van der Waals surface area contributed by atoms with Crippen molar-refractivity contribution >= 4 is 29.2 Å². The average molecular weight is 565 g/mol. The molecule has 2 N–H and O–H groups in total. The summed E-state index contributed by atoms with van der Waals surface area (Å²) in [5.41, 5.74) is 4.61. The van der Waals surface area contributed by atoms with Crippen LogP contribution in [-0.4, -0.2) is 25.7 Å². The fourth-order valence-corrected chi connectivity index (χ4v) is 5.32. The van der Waals surface area contributed by atoms with Gasteiger partial charge in [-0.05, 0) is 42.3 Å². The van der Waals surface area contributed by atoms with Gasteiger partial charge < -0.3 is 10.6 Å². The Morgan fingerprint density at radius 3 is 2.27 bits per heavy atom. The van der Waals surface area contributed by atoms with Crippen molar-refractivity contribution in [2.75, 3.05) is 5.32 Å². The normalized spacial score (nSPS) is 11.5. The second kappa shape index (κ2) is 12.9. The standard InChI is InChI=1S/C31H28N6O3S/c1-22-9-8-12-24(19-22)21-41-31-35-34-29(36(31)26-15-17-27(18-16-26)37(39)40)28(20-23-10-4-2-5-11-23)33-30(38)32-25-13-6-3-7-14-25/h2-19,28H,20-21H2,1H3,(H2,32,33,38). The molecule has 0 saturated carbocycles. The Hall–Kier alpha value is -4.96. The molecule has 1 aromatic heterocycles. The van der Waals surface area contributed by atoms with Gasteiger partial charge in [0.05, 0.1) is 11.0 Å². The molecule has 1 atom stereocenters. The van der Waals surface area contributed by atoms with Gasteiger partial charge >= 0.3 is 6.03 Å². The van der Waals surface area contributed by atoms with Crippen LogP contribution >= 0.6 is 11.8 Å². The Balaban J connectivity index is 1.52. The summed E-state index contributed by atoms with van der Waals surface area (Å²) in [6.07, 6.45) is 0.455. The number of carbonyl (C=O) groups excluding carboxylic acids is 1. The van der Waals surface area contributed by atoms with Crippen LogP contribution < -0.4 is 10.6 Å². The lowest BCUT2D eigenvalue weighted by molar-refractivity contribution is -0.384. The molecule has 0 saturated heterocycles. The number of hydrogen-bond acceptors (Lipinski definition) is 6. The lowest BCUT2D eigenvalue weighted by Crippen LogP contribution is -2.35. The minimum Gasteiger partial charge on any atom is -0.327 e. The molecule has 0 aliphatic carbocycles. The third kappa shape index (κ3) is 7.17. The Morgan fingerprint density at radius 1 is 0.902 bits per heavy atom. The number of carbonyl (C=O) groups is 1. The molecular weight excluding hydrogens is 536 g/mol. The SMILES string of the molecule is Cc1cccc(CSc2nnc(C(Cc3ccccc3)NC(=O)Nc3ccccc3)n2-c2ccc([N+](=O)[O-])cc2)c1. The Morgan fingerprint density at radius 2 is 1.59 bits per heavy atom. The number of rotatable bonds is 10. The molecule has 4 aromatic carbocycles. The lowest BCUT2D eigenvalue weighted by Gasteiger charge is -2.20. The van der Waals surface area contributed by atoms with E-state index < -0.39 is 11.0 Å². The predicted molar refractivity (Wildman–Crippen MR) is 160 cm³/mol. The van der Waals surface area contributed by atoms with Gasteiger partial charge in [-0.25, -0.2) is 4.79 Å². The summed E-state index contributed by atoms with van der Waals surface area (Å²) < 4.78 is 1.86. The van der Waals surface area contributed by atoms with Crippen molar-refractivity contribution in [2.45, 2.75) is 30.3 Å². The summed E-state index contributed by atoms with van der Waals surface area (Å²) >= 11 is 1.51. The fraction of sp³-hybridized carbons (Fsp3) is 0.129. The highest BCUT2D eigenvalue weighted by Crippen LogP contribution is 2.30. The third-order valence-corrected chi connectivity index (χ3v) is 7.36. The average Bonchev–Trinajstić information content (AvgIpc) is 3.41. The molecule has 0 bridgehead atoms. The van der Waals surface area contributed by atoms with Gasteiger partial charge in [-0.3, -0.25) is 14.7 Å². The molecule has 0 aliphatic rings. The van der Waals surface area contributed by atoms with Crippen molar-refractivity contribution in [1.29, 1.82) is 0 Å². The van der Waals surface area contributed by atoms with Crippen LogP contribution in [0.5, 0.6) is 0 Å². The number of nitro groups is 1. The number of benzene rings is 4. The zero-order valence-electron chi connectivity index (χ0n) is 22.3. The maximum Gasteiger partial charge on any atom is 0.319 e. The second-order valence-corrected chi connectivity index (χ2v) is 10.4. The predicted octanol–water partition coefficient (Wildman–Crippen LogP) is 6.88. The molecular formula is C31H28N6O3S. The van der Waals surface area contributed by atoms with Crippen LogP contribution in [0.25, 0.3) is 5.69 Å². The number of amides is 2. The summed E-state index contributed by atoms with van der Waals surface area (Å²) in [5, 5.41) is 26.9. The number of nitro benzene ring substituents is 1. The number of non-ortho nitro benzene ring substituents is 1. The first-order chi connectivity index (χ1) is 20.0. The minimum atomic E-state index is -0.558. The van der Waals surface area contributed by atoms with E-state index in [1.807, 2.05) is 84.3 Å². The van der Waals surface area contributed by atoms with Gasteiger partial charge in [0, 0.05) is 35.7 Å². The van der Waals surface area contributed by atoms with Gasteiger partial charge in [0.15, 0.2) is 11.0 Å². The number of aromatic nitrogens is 3. The van der Waals surface area contributed by atoms with Crippen molar-refractivity contribution in [2.24, 2.45) is 0 Å². The van der Waals surface area contributed by atoms with E-state index in [9.17, 15) is 14.9 Å². The number of anilines is 1. The molecule has 0 fully saturated rings. The van der Waals surface area contributed by atoms with E-state index in [-0.39, 0.29) is 11.7 Å². The molecule has 1 heterocycles. The van der Waals surface area contributed by atoms with Crippen molar-refractivity contribution in [3.8, 4) is 5.69 Å². The first-order valence-corrected chi connectivity index (χ1v) is 14.0. The molecule has 10 heteroatoms. The second-order valence-electron chi connectivity index (χ2n) is 9.43. The highest BCUT2D eigenvalue weighted by Gasteiger charge is 2.25. The largest absolute Gasteiger partial charge is 0.327 e. The highest BCUT2D eigenvalue weighted by molar-refractivity contribution is 7.98. The van der Waals surface area contributed by atoms with Crippen molar-refractivity contribution in [1.82, 2.24) is 20.1 Å². The van der Waals surface area contributed by atoms with Crippen molar-refractivity contribution < 1.29 is 9.72 Å². The van der Waals surface area contributed by atoms with E-state index in [1.165, 1.54) is 23.9 Å². The number of nitrogens with one attached hydrogen (secondary N) is 2. The molecule has 206 valence electrons. The number of hydrogen-bond donors (Lipinski definition) is 2. The summed E-state index contributed by atoms with van der Waals surface area (Å²) in [5.74, 6) is 1.16. The van der Waals surface area contributed by atoms with Crippen LogP contribution in [0.1, 0.15) is 28.6 Å². The third-order valence-electron chi connectivity index (χ3n) is 6.36. The Labute approximate surface area is 241 Å². The highest BCUT2D eigenvalue weighted by atomic mass is 32.2. The summed E-state index contributed by atoms with van der Waals surface area (Å²) in [4.78, 5) is 24.0. The molecule has 5 aromatic rings. The van der Waals surface area contributed by atoms with Gasteiger partial charge in [-0.2, -0.15) is 0 Å². The Bertz CT molecular complexity index is 1630. The van der Waals surface area contributed by atoms with E-state index in [4.69, 9.17) is 0 Å². The summed E-state index contributed by atoms with van der Waals surface area (Å²) in [6, 6.07) is 32.6. The zero-order chi connectivity index (χ0) is 28.6. The van der Waals surface area contributed by atoms with E-state index in [2.05, 4.69) is 33.0 Å². The molecule has 0 spiro atoms. The van der Waals surface area contributed by atoms with Gasteiger partial charge in [-0.15, -0.1) is 10.2 Å². The number of urea groups is 1. The maximum absolute atomic E-state index is 13.1. The zero-order valence-corrected chi connectivity index (χ0v) is 23.1. The smallest absolute Gasteiger partial charge is 0.319 e. The van der Waals surface area contributed by atoms with E-state index in [0.29, 0.717) is 34.5 Å². The lowest BCUT2D eigenvalue weighted by atomic mass is 10.1. The maximum atomic E-state index is 13.1. The van der Waals surface area contributed by atoms with Gasteiger partial charge in [0.1, 0.15) is 0 Å². The van der Waals surface area contributed by atoms with Crippen LogP contribution in [0.15, 0.2) is 114 Å². The van der Waals surface area contributed by atoms with Gasteiger partial charge in [-0.1, -0.05) is 90.1 Å². The number of para-hydroxylation sites is 1. The van der Waals surface area contributed by atoms with Gasteiger partial charge in [0.25, 0.3) is 5.69 Å². The molecule has 41 heavy (non-hydrogen) atoms. The molecule has 1 unspecified atom stereocenters. The molecule has 0 radical (unpaired) electrons. The number of nitrogens with zero attached hydrogens (tertiary/aromatic N) is 4. The summed E-state index contributed by atoms with van der Waals surface area (Å²) in [6.45, 7) is 2.05. The molecule has 2 amide bonds. The monoisotopic (exact) mass is 564 g/mol. The first kappa shape index (κ1) is 27.6.